The SMILES string of the molecule is Cc1nc(C(C)(C)C)sc1C(=O)NC(CC(F)(F)F)C(=O)O. The largest absolute Gasteiger partial charge is 0.480 e. The van der Waals surface area contributed by atoms with Crippen molar-refractivity contribution < 1.29 is 27.9 Å². The molecule has 124 valence electrons. The van der Waals surface area contributed by atoms with Crippen LogP contribution in [0.4, 0.5) is 13.2 Å². The van der Waals surface area contributed by atoms with E-state index in [1.807, 2.05) is 26.1 Å². The topological polar surface area (TPSA) is 79.3 Å². The highest BCUT2D eigenvalue weighted by molar-refractivity contribution is 7.14. The zero-order chi connectivity index (χ0) is 17.3. The molecule has 1 heterocycles. The van der Waals surface area contributed by atoms with Gasteiger partial charge in [-0.25, -0.2) is 9.78 Å². The van der Waals surface area contributed by atoms with E-state index in [0.29, 0.717) is 10.7 Å². The molecule has 2 N–H and O–H groups in total. The smallest absolute Gasteiger partial charge is 0.391 e. The highest BCUT2D eigenvalue weighted by Gasteiger charge is 2.37. The van der Waals surface area contributed by atoms with Crippen LogP contribution in [0.3, 0.4) is 0 Å². The van der Waals surface area contributed by atoms with Crippen molar-refractivity contribution in [2.75, 3.05) is 0 Å². The third-order valence-electron chi connectivity index (χ3n) is 2.68. The molecule has 0 fully saturated rings. The number of amides is 1. The molecule has 0 spiro atoms. The summed E-state index contributed by atoms with van der Waals surface area (Å²) in [6.07, 6.45) is -6.31. The van der Waals surface area contributed by atoms with Crippen LogP contribution < -0.4 is 5.32 Å². The lowest BCUT2D eigenvalue weighted by molar-refractivity contribution is -0.157. The number of carbonyl (C=O) groups excluding carboxylic acids is 1. The fraction of sp³-hybridized carbons (Fsp3) is 0.615. The first-order valence-electron chi connectivity index (χ1n) is 6.39. The van der Waals surface area contributed by atoms with Gasteiger partial charge in [0.15, 0.2) is 0 Å². The number of nitrogens with zero attached hydrogens (tertiary/aromatic N) is 1. The Kier molecular flexibility index (Phi) is 5.21. The molecule has 1 atom stereocenters. The molecule has 0 bridgehead atoms. The average molecular weight is 338 g/mol. The van der Waals surface area contributed by atoms with Crippen LogP contribution in [0.1, 0.15) is 47.6 Å². The van der Waals surface area contributed by atoms with E-state index in [9.17, 15) is 22.8 Å². The number of carbonyl (C=O) groups is 2. The van der Waals surface area contributed by atoms with Gasteiger partial charge in [0.25, 0.3) is 5.91 Å². The number of hydrogen-bond donors (Lipinski definition) is 2. The average Bonchev–Trinajstić information content (AvgIpc) is 2.68. The van der Waals surface area contributed by atoms with E-state index in [2.05, 4.69) is 4.98 Å². The minimum atomic E-state index is -4.68. The van der Waals surface area contributed by atoms with E-state index < -0.39 is 30.5 Å². The molecule has 1 aromatic rings. The van der Waals surface area contributed by atoms with E-state index in [1.165, 1.54) is 0 Å². The number of rotatable bonds is 4. The maximum atomic E-state index is 12.3. The van der Waals surface area contributed by atoms with Crippen molar-refractivity contribution in [1.82, 2.24) is 10.3 Å². The lowest BCUT2D eigenvalue weighted by Gasteiger charge is -2.16. The summed E-state index contributed by atoms with van der Waals surface area (Å²) < 4.78 is 37.0. The van der Waals surface area contributed by atoms with Crippen molar-refractivity contribution in [3.63, 3.8) is 0 Å². The van der Waals surface area contributed by atoms with E-state index in [1.54, 1.807) is 6.92 Å². The highest BCUT2D eigenvalue weighted by atomic mass is 32.1. The molecule has 0 saturated carbocycles. The molecular weight excluding hydrogens is 321 g/mol. The van der Waals surface area contributed by atoms with E-state index in [4.69, 9.17) is 5.11 Å². The number of carboxylic acids is 1. The molecule has 0 saturated heterocycles. The second-order valence-electron chi connectivity index (χ2n) is 5.87. The maximum absolute atomic E-state index is 12.3. The first kappa shape index (κ1) is 18.4. The molecule has 1 unspecified atom stereocenters. The van der Waals surface area contributed by atoms with Crippen LogP contribution in [0.2, 0.25) is 0 Å². The number of thiazole rings is 1. The van der Waals surface area contributed by atoms with Crippen molar-refractivity contribution in [2.24, 2.45) is 0 Å². The predicted octanol–water partition coefficient (Wildman–Crippen LogP) is 2.88. The van der Waals surface area contributed by atoms with Crippen molar-refractivity contribution in [2.45, 2.75) is 51.7 Å². The Bertz CT molecular complexity index is 576. The first-order valence-corrected chi connectivity index (χ1v) is 7.21. The summed E-state index contributed by atoms with van der Waals surface area (Å²) in [5, 5.41) is 11.4. The number of alkyl halides is 3. The number of aliphatic carboxylic acids is 1. The van der Waals surface area contributed by atoms with Crippen molar-refractivity contribution in [3.8, 4) is 0 Å². The van der Waals surface area contributed by atoms with Gasteiger partial charge in [-0.2, -0.15) is 13.2 Å². The highest BCUT2D eigenvalue weighted by Crippen LogP contribution is 2.29. The van der Waals surface area contributed by atoms with Gasteiger partial charge in [0.05, 0.1) is 17.1 Å². The summed E-state index contributed by atoms with van der Waals surface area (Å²) in [7, 11) is 0. The van der Waals surface area contributed by atoms with E-state index in [-0.39, 0.29) is 10.3 Å². The summed E-state index contributed by atoms with van der Waals surface area (Å²) in [5.41, 5.74) is 0.0511. The van der Waals surface area contributed by atoms with Crippen LogP contribution >= 0.6 is 11.3 Å². The molecule has 0 radical (unpaired) electrons. The fourth-order valence-corrected chi connectivity index (χ4v) is 2.61. The van der Waals surface area contributed by atoms with Crippen LogP contribution in [0, 0.1) is 6.92 Å². The maximum Gasteiger partial charge on any atom is 0.391 e. The minimum Gasteiger partial charge on any atom is -0.480 e. The summed E-state index contributed by atoms with van der Waals surface area (Å²) in [6.45, 7) is 7.21. The van der Waals surface area contributed by atoms with E-state index in [0.717, 1.165) is 11.3 Å². The van der Waals surface area contributed by atoms with Crippen LogP contribution in [-0.4, -0.2) is 34.2 Å². The standard InChI is InChI=1S/C13H17F3N2O3S/c1-6-8(22-11(17-6)12(2,3)4)9(19)18-7(10(20)21)5-13(14,15)16/h7H,5H2,1-4H3,(H,18,19)(H,20,21). The number of aromatic nitrogens is 1. The third kappa shape index (κ3) is 4.97. The van der Waals surface area contributed by atoms with Gasteiger partial charge in [-0.3, -0.25) is 4.79 Å². The second-order valence-corrected chi connectivity index (χ2v) is 6.87. The zero-order valence-corrected chi connectivity index (χ0v) is 13.4. The lowest BCUT2D eigenvalue weighted by atomic mass is 9.98. The normalized spacial score (nSPS) is 13.8. The Morgan fingerprint density at radius 3 is 2.23 bits per heavy atom. The Labute approximate surface area is 129 Å². The molecule has 1 aromatic heterocycles. The molecule has 1 amide bonds. The summed E-state index contributed by atoms with van der Waals surface area (Å²) in [4.78, 5) is 27.2. The van der Waals surface area contributed by atoms with Crippen molar-refractivity contribution in [3.05, 3.63) is 15.6 Å². The monoisotopic (exact) mass is 338 g/mol. The first-order chi connectivity index (χ1) is 9.81. The molecule has 5 nitrogen and oxygen atoms in total. The zero-order valence-electron chi connectivity index (χ0n) is 12.5. The third-order valence-corrected chi connectivity index (χ3v) is 4.27. The summed E-state index contributed by atoms with van der Waals surface area (Å²) >= 11 is 1.05. The van der Waals surface area contributed by atoms with Crippen LogP contribution in [0.25, 0.3) is 0 Å². The number of halogens is 3. The molecular formula is C13H17F3N2O3S. The number of carboxylic acid groups (broad SMARTS) is 1. The molecule has 22 heavy (non-hydrogen) atoms. The van der Waals surface area contributed by atoms with E-state index >= 15 is 0 Å². The minimum absolute atomic E-state index is 0.123. The van der Waals surface area contributed by atoms with Gasteiger partial charge in [0.2, 0.25) is 0 Å². The second kappa shape index (κ2) is 6.23. The molecule has 0 aliphatic rings. The Hall–Kier alpha value is -1.64. The van der Waals surface area contributed by atoms with Gasteiger partial charge >= 0.3 is 12.1 Å². The number of nitrogens with one attached hydrogen (secondary N) is 1. The lowest BCUT2D eigenvalue weighted by Crippen LogP contribution is -2.43. The van der Waals surface area contributed by atoms with Crippen molar-refractivity contribution >= 4 is 23.2 Å². The molecule has 9 heteroatoms. The fourth-order valence-electron chi connectivity index (χ4n) is 1.58. The molecule has 0 aliphatic carbocycles. The number of aryl methyl sites for hydroxylation is 1. The Balaban J connectivity index is 2.96. The summed E-state index contributed by atoms with van der Waals surface area (Å²) in [5.74, 6) is -2.59. The van der Waals surface area contributed by atoms with Gasteiger partial charge in [-0.05, 0) is 6.92 Å². The molecule has 0 aliphatic heterocycles. The van der Waals surface area contributed by atoms with Crippen LogP contribution in [0.15, 0.2) is 0 Å². The van der Waals surface area contributed by atoms with Gasteiger partial charge in [-0.1, -0.05) is 20.8 Å². The predicted molar refractivity (Wildman–Crippen MR) is 75.1 cm³/mol. The Morgan fingerprint density at radius 2 is 1.86 bits per heavy atom. The van der Waals surface area contributed by atoms with Crippen molar-refractivity contribution in [1.29, 1.82) is 0 Å². The quantitative estimate of drug-likeness (QED) is 0.885. The van der Waals surface area contributed by atoms with Crippen LogP contribution in [-0.2, 0) is 10.2 Å². The molecule has 1 rings (SSSR count). The number of hydrogen-bond acceptors (Lipinski definition) is 4. The molecule has 0 aromatic carbocycles. The van der Waals surface area contributed by atoms with Gasteiger partial charge < -0.3 is 10.4 Å². The van der Waals surface area contributed by atoms with Gasteiger partial charge in [0, 0.05) is 5.41 Å². The van der Waals surface area contributed by atoms with Gasteiger partial charge in [0.1, 0.15) is 10.9 Å². The Morgan fingerprint density at radius 1 is 1.32 bits per heavy atom. The summed E-state index contributed by atoms with van der Waals surface area (Å²) in [6, 6.07) is -2.02. The van der Waals surface area contributed by atoms with Crippen LogP contribution in [0.5, 0.6) is 0 Å². The van der Waals surface area contributed by atoms with Gasteiger partial charge in [-0.15, -0.1) is 11.3 Å².